The number of carbonyl (C=O) groups excluding carboxylic acids is 2. The molecule has 1 aliphatic rings. The molecule has 172 valence electrons. The van der Waals surface area contributed by atoms with Crippen molar-refractivity contribution in [2.45, 2.75) is 43.6 Å². The number of aromatic nitrogens is 4. The fourth-order valence-corrected chi connectivity index (χ4v) is 4.29. The van der Waals surface area contributed by atoms with Crippen LogP contribution >= 0.6 is 11.8 Å². The lowest BCUT2D eigenvalue weighted by molar-refractivity contribution is -0.113. The van der Waals surface area contributed by atoms with Crippen molar-refractivity contribution >= 4 is 29.3 Å². The van der Waals surface area contributed by atoms with Gasteiger partial charge in [0.2, 0.25) is 11.1 Å². The predicted molar refractivity (Wildman–Crippen MR) is 125 cm³/mol. The fourth-order valence-electron chi connectivity index (χ4n) is 3.60. The Bertz CT molecular complexity index is 1080. The minimum absolute atomic E-state index is 0.102. The summed E-state index contributed by atoms with van der Waals surface area (Å²) in [5, 5.41) is 18.1. The Morgan fingerprint density at radius 1 is 1.18 bits per heavy atom. The van der Waals surface area contributed by atoms with Gasteiger partial charge in [-0.15, -0.1) is 5.10 Å². The molecule has 3 aromatic rings. The number of carbonyl (C=O) groups is 2. The maximum atomic E-state index is 12.9. The monoisotopic (exact) mass is 466 g/mol. The highest BCUT2D eigenvalue weighted by molar-refractivity contribution is 7.99. The first-order valence-corrected chi connectivity index (χ1v) is 11.8. The second kappa shape index (κ2) is 11.1. The molecule has 0 aliphatic carbocycles. The molecule has 0 saturated carbocycles. The number of nitrogens with zero attached hydrogens (tertiary/aromatic N) is 4. The third-order valence-electron chi connectivity index (χ3n) is 5.32. The molecule has 1 fully saturated rings. The van der Waals surface area contributed by atoms with E-state index in [-0.39, 0.29) is 29.7 Å². The number of para-hydroxylation sites is 1. The third kappa shape index (κ3) is 6.17. The molecule has 2 amide bonds. The molecule has 0 unspecified atom stereocenters. The van der Waals surface area contributed by atoms with Crippen LogP contribution in [0.25, 0.3) is 0 Å². The van der Waals surface area contributed by atoms with E-state index >= 15 is 0 Å². The van der Waals surface area contributed by atoms with Crippen LogP contribution in [0.15, 0.2) is 59.8 Å². The van der Waals surface area contributed by atoms with Crippen molar-refractivity contribution in [1.82, 2.24) is 25.5 Å². The number of anilines is 1. The Morgan fingerprint density at radius 3 is 2.76 bits per heavy atom. The first kappa shape index (κ1) is 22.9. The summed E-state index contributed by atoms with van der Waals surface area (Å²) in [6.45, 7) is 3.25. The van der Waals surface area contributed by atoms with E-state index in [1.54, 1.807) is 28.9 Å². The van der Waals surface area contributed by atoms with E-state index in [0.717, 1.165) is 25.0 Å². The standard InChI is InChI=1S/C23H26N6O3S/c1-16(17-8-3-2-4-9-17)24-22(31)19-11-5-6-12-20(19)25-21(30)15-33-23-26-27-28-29(23)14-18-10-7-13-32-18/h2-6,8-9,11-12,16,18H,7,10,13-15H2,1H3,(H,24,31)(H,25,30)/t16-,18+/m0/s1. The van der Waals surface area contributed by atoms with E-state index < -0.39 is 0 Å². The van der Waals surface area contributed by atoms with Crippen molar-refractivity contribution in [2.24, 2.45) is 0 Å². The Hall–Kier alpha value is -3.24. The highest BCUT2D eigenvalue weighted by Gasteiger charge is 2.20. The van der Waals surface area contributed by atoms with Crippen LogP contribution in [-0.4, -0.2) is 50.5 Å². The number of hydrogen-bond acceptors (Lipinski definition) is 7. The molecule has 1 aromatic heterocycles. The minimum Gasteiger partial charge on any atom is -0.376 e. The van der Waals surface area contributed by atoms with E-state index in [2.05, 4.69) is 26.2 Å². The molecular weight excluding hydrogens is 440 g/mol. The van der Waals surface area contributed by atoms with Crippen molar-refractivity contribution in [3.8, 4) is 0 Å². The minimum atomic E-state index is -0.254. The zero-order valence-corrected chi connectivity index (χ0v) is 19.1. The molecule has 2 heterocycles. The fraction of sp³-hybridized carbons (Fsp3) is 0.348. The summed E-state index contributed by atoms with van der Waals surface area (Å²) in [6.07, 6.45) is 2.12. The Kier molecular flexibility index (Phi) is 7.69. The summed E-state index contributed by atoms with van der Waals surface area (Å²) < 4.78 is 7.30. The van der Waals surface area contributed by atoms with E-state index in [0.29, 0.717) is 23.0 Å². The number of amides is 2. The van der Waals surface area contributed by atoms with Crippen LogP contribution in [0.5, 0.6) is 0 Å². The number of hydrogen-bond donors (Lipinski definition) is 2. The maximum Gasteiger partial charge on any atom is 0.253 e. The average molecular weight is 467 g/mol. The number of thioether (sulfide) groups is 1. The van der Waals surface area contributed by atoms with Crippen LogP contribution in [0.1, 0.15) is 41.7 Å². The Balaban J connectivity index is 1.34. The first-order chi connectivity index (χ1) is 16.1. The van der Waals surface area contributed by atoms with Gasteiger partial charge >= 0.3 is 0 Å². The Labute approximate surface area is 196 Å². The van der Waals surface area contributed by atoms with Gasteiger partial charge in [0, 0.05) is 6.61 Å². The summed E-state index contributed by atoms with van der Waals surface area (Å²) in [5.41, 5.74) is 1.87. The molecule has 0 spiro atoms. The number of benzene rings is 2. The lowest BCUT2D eigenvalue weighted by Crippen LogP contribution is -2.28. The summed E-state index contributed by atoms with van der Waals surface area (Å²) in [6, 6.07) is 16.5. The predicted octanol–water partition coefficient (Wildman–Crippen LogP) is 3.07. The first-order valence-electron chi connectivity index (χ1n) is 10.9. The highest BCUT2D eigenvalue weighted by atomic mass is 32.2. The molecule has 10 heteroatoms. The molecule has 33 heavy (non-hydrogen) atoms. The van der Waals surface area contributed by atoms with Gasteiger partial charge < -0.3 is 15.4 Å². The molecule has 2 aromatic carbocycles. The van der Waals surface area contributed by atoms with Gasteiger partial charge in [0.05, 0.1) is 35.7 Å². The Morgan fingerprint density at radius 2 is 1.97 bits per heavy atom. The van der Waals surface area contributed by atoms with Crippen molar-refractivity contribution in [1.29, 1.82) is 0 Å². The van der Waals surface area contributed by atoms with Gasteiger partial charge in [0.25, 0.3) is 5.91 Å². The van der Waals surface area contributed by atoms with E-state index in [9.17, 15) is 9.59 Å². The molecule has 4 rings (SSSR count). The summed E-state index contributed by atoms with van der Waals surface area (Å²) in [4.78, 5) is 25.5. The summed E-state index contributed by atoms with van der Waals surface area (Å²) >= 11 is 1.25. The van der Waals surface area contributed by atoms with Crippen LogP contribution in [0.2, 0.25) is 0 Å². The normalized spacial score (nSPS) is 16.3. The SMILES string of the molecule is C[C@H](NC(=O)c1ccccc1NC(=O)CSc1nnnn1C[C@H]1CCCO1)c1ccccc1. The molecule has 2 atom stereocenters. The van der Waals surface area contributed by atoms with Gasteiger partial charge in [-0.2, -0.15) is 0 Å². The van der Waals surface area contributed by atoms with Crippen LogP contribution < -0.4 is 10.6 Å². The lowest BCUT2D eigenvalue weighted by Gasteiger charge is -2.16. The second-order valence-corrected chi connectivity index (χ2v) is 8.71. The van der Waals surface area contributed by atoms with Gasteiger partial charge in [-0.1, -0.05) is 54.2 Å². The zero-order valence-electron chi connectivity index (χ0n) is 18.3. The van der Waals surface area contributed by atoms with Crippen molar-refractivity contribution < 1.29 is 14.3 Å². The highest BCUT2D eigenvalue weighted by Crippen LogP contribution is 2.21. The average Bonchev–Trinajstić information content (AvgIpc) is 3.51. The lowest BCUT2D eigenvalue weighted by atomic mass is 10.1. The van der Waals surface area contributed by atoms with E-state index in [4.69, 9.17) is 4.74 Å². The molecule has 1 saturated heterocycles. The molecule has 2 N–H and O–H groups in total. The quantitative estimate of drug-likeness (QED) is 0.466. The van der Waals surface area contributed by atoms with Crippen LogP contribution in [0.3, 0.4) is 0 Å². The van der Waals surface area contributed by atoms with E-state index in [1.807, 2.05) is 37.3 Å². The molecular formula is C23H26N6O3S. The number of nitrogens with one attached hydrogen (secondary N) is 2. The number of rotatable bonds is 9. The van der Waals surface area contributed by atoms with Crippen molar-refractivity contribution in [3.05, 3.63) is 65.7 Å². The van der Waals surface area contributed by atoms with Gasteiger partial charge in [-0.3, -0.25) is 9.59 Å². The van der Waals surface area contributed by atoms with Gasteiger partial charge in [0.1, 0.15) is 0 Å². The van der Waals surface area contributed by atoms with Crippen LogP contribution in [0.4, 0.5) is 5.69 Å². The van der Waals surface area contributed by atoms with Crippen molar-refractivity contribution in [3.63, 3.8) is 0 Å². The second-order valence-electron chi connectivity index (χ2n) is 7.77. The van der Waals surface area contributed by atoms with Crippen LogP contribution in [-0.2, 0) is 16.1 Å². The molecule has 0 radical (unpaired) electrons. The van der Waals surface area contributed by atoms with Crippen LogP contribution in [0, 0.1) is 0 Å². The van der Waals surface area contributed by atoms with Gasteiger partial charge in [0.15, 0.2) is 0 Å². The third-order valence-corrected chi connectivity index (χ3v) is 6.28. The largest absolute Gasteiger partial charge is 0.376 e. The molecule has 0 bridgehead atoms. The molecule has 9 nitrogen and oxygen atoms in total. The van der Waals surface area contributed by atoms with Gasteiger partial charge in [-0.25, -0.2) is 4.68 Å². The van der Waals surface area contributed by atoms with Gasteiger partial charge in [-0.05, 0) is 47.9 Å². The topological polar surface area (TPSA) is 111 Å². The summed E-state index contributed by atoms with van der Waals surface area (Å²) in [5.74, 6) is -0.388. The number of tetrazole rings is 1. The number of ether oxygens (including phenoxy) is 1. The van der Waals surface area contributed by atoms with Crippen molar-refractivity contribution in [2.75, 3.05) is 17.7 Å². The smallest absolute Gasteiger partial charge is 0.253 e. The zero-order chi connectivity index (χ0) is 23.0. The maximum absolute atomic E-state index is 12.9. The molecule has 1 aliphatic heterocycles. The summed E-state index contributed by atoms with van der Waals surface area (Å²) in [7, 11) is 0. The van der Waals surface area contributed by atoms with E-state index in [1.165, 1.54) is 11.8 Å².